The Balaban J connectivity index is 1.39. The summed E-state index contributed by atoms with van der Waals surface area (Å²) in [4.78, 5) is 15.4. The lowest BCUT2D eigenvalue weighted by Crippen LogP contribution is -2.31. The maximum atomic E-state index is 12.1. The molecule has 0 aliphatic carbocycles. The molecule has 3 heterocycles. The first-order valence-corrected chi connectivity index (χ1v) is 12.0. The first kappa shape index (κ1) is 20.9. The molecule has 1 aliphatic rings. The zero-order valence-electron chi connectivity index (χ0n) is 18.5. The Morgan fingerprint density at radius 2 is 2.00 bits per heavy atom. The molecule has 1 atom stereocenters. The molecule has 32 heavy (non-hydrogen) atoms. The summed E-state index contributed by atoms with van der Waals surface area (Å²) in [5, 5.41) is 5.80. The highest BCUT2D eigenvalue weighted by atomic mass is 32.1. The second-order valence-electron chi connectivity index (χ2n) is 8.75. The van der Waals surface area contributed by atoms with Crippen molar-refractivity contribution in [3.05, 3.63) is 82.0 Å². The van der Waals surface area contributed by atoms with Crippen LogP contribution in [0.15, 0.2) is 54.6 Å². The van der Waals surface area contributed by atoms with Crippen LogP contribution in [0.25, 0.3) is 15.8 Å². The van der Waals surface area contributed by atoms with Gasteiger partial charge in [-0.25, -0.2) is 4.68 Å². The number of carbonyl (C=O) groups excluding carboxylic acids is 1. The van der Waals surface area contributed by atoms with E-state index in [1.54, 1.807) is 0 Å². The highest BCUT2D eigenvalue weighted by Crippen LogP contribution is 2.34. The van der Waals surface area contributed by atoms with Crippen LogP contribution in [-0.2, 0) is 13.0 Å². The van der Waals surface area contributed by atoms with E-state index in [1.807, 2.05) is 23.7 Å². The number of aryl methyl sites for hydroxylation is 2. The number of thiophene rings is 1. The Morgan fingerprint density at radius 3 is 2.78 bits per heavy atom. The summed E-state index contributed by atoms with van der Waals surface area (Å²) >= 11 is 1.52. The van der Waals surface area contributed by atoms with Crippen LogP contribution in [0.3, 0.4) is 0 Å². The molecule has 5 nitrogen and oxygen atoms in total. The molecule has 6 heteroatoms. The average Bonchev–Trinajstić information content (AvgIpc) is 3.46. The fraction of sp³-hybridized carbons (Fsp3) is 0.308. The Bertz CT molecular complexity index is 1290. The number of carbonyl (C=O) groups is 1. The molecule has 164 valence electrons. The zero-order chi connectivity index (χ0) is 22.2. The predicted octanol–water partition coefficient (Wildman–Crippen LogP) is 5.01. The number of likely N-dealkylation sites (tertiary alicyclic amines) is 1. The summed E-state index contributed by atoms with van der Waals surface area (Å²) in [7, 11) is 0. The van der Waals surface area contributed by atoms with Gasteiger partial charge in [0.25, 0.3) is 5.91 Å². The number of aromatic nitrogens is 2. The van der Waals surface area contributed by atoms with Crippen LogP contribution in [0.4, 0.5) is 0 Å². The highest BCUT2D eigenvalue weighted by molar-refractivity contribution is 7.21. The minimum Gasteiger partial charge on any atom is -0.365 e. The maximum Gasteiger partial charge on any atom is 0.259 e. The Morgan fingerprint density at radius 1 is 1.16 bits per heavy atom. The van der Waals surface area contributed by atoms with Crippen LogP contribution in [0.1, 0.15) is 45.0 Å². The molecule has 0 unspecified atom stereocenters. The molecule has 2 N–H and O–H groups in total. The topological polar surface area (TPSA) is 64.2 Å². The van der Waals surface area contributed by atoms with Crippen molar-refractivity contribution in [1.82, 2.24) is 14.7 Å². The molecule has 0 saturated carbocycles. The van der Waals surface area contributed by atoms with Crippen LogP contribution < -0.4 is 5.73 Å². The van der Waals surface area contributed by atoms with Crippen LogP contribution in [0.2, 0.25) is 0 Å². The number of rotatable bonds is 6. The summed E-state index contributed by atoms with van der Waals surface area (Å²) in [6.07, 6.45) is 3.18. The van der Waals surface area contributed by atoms with Gasteiger partial charge in [-0.3, -0.25) is 9.69 Å². The molecule has 1 aliphatic heterocycles. The van der Waals surface area contributed by atoms with Gasteiger partial charge in [0.15, 0.2) is 0 Å². The fourth-order valence-corrected chi connectivity index (χ4v) is 6.07. The lowest BCUT2D eigenvalue weighted by molar-refractivity contribution is 0.100. The van der Waals surface area contributed by atoms with Gasteiger partial charge in [-0.1, -0.05) is 30.3 Å². The van der Waals surface area contributed by atoms with E-state index in [9.17, 15) is 4.79 Å². The third-order valence-corrected chi connectivity index (χ3v) is 7.64. The summed E-state index contributed by atoms with van der Waals surface area (Å²) < 4.78 is 3.15. The van der Waals surface area contributed by atoms with Gasteiger partial charge in [0.1, 0.15) is 0 Å². The van der Waals surface area contributed by atoms with E-state index in [-0.39, 0.29) is 5.91 Å². The van der Waals surface area contributed by atoms with Gasteiger partial charge in [-0.2, -0.15) is 5.10 Å². The lowest BCUT2D eigenvalue weighted by atomic mass is 10.00. The van der Waals surface area contributed by atoms with E-state index in [2.05, 4.69) is 59.4 Å². The Kier molecular flexibility index (Phi) is 5.57. The zero-order valence-corrected chi connectivity index (χ0v) is 19.4. The third kappa shape index (κ3) is 3.96. The normalized spacial score (nSPS) is 16.8. The molecule has 2 aromatic carbocycles. The van der Waals surface area contributed by atoms with Crippen LogP contribution >= 0.6 is 11.3 Å². The van der Waals surface area contributed by atoms with Crippen molar-refractivity contribution >= 4 is 27.3 Å². The molecule has 0 spiro atoms. The standard InChI is InChI=1S/C26H28N4OS/c1-17-13-18(2)30(28-17)21-8-5-7-19(14-21)16-29-12-6-9-20(29)15-23-22-10-3-4-11-24(22)32-25(23)26(27)31/h3-5,7-8,10-11,13-14,20H,6,9,12,15-16H2,1-2H3,(H2,27,31)/t20-/m0/s1. The number of nitrogens with two attached hydrogens (primary N) is 1. The molecular weight excluding hydrogens is 416 g/mol. The highest BCUT2D eigenvalue weighted by Gasteiger charge is 2.28. The quantitative estimate of drug-likeness (QED) is 0.455. The summed E-state index contributed by atoms with van der Waals surface area (Å²) in [6, 6.07) is 19.4. The van der Waals surface area contributed by atoms with Crippen LogP contribution in [0, 0.1) is 13.8 Å². The molecule has 1 saturated heterocycles. The largest absolute Gasteiger partial charge is 0.365 e. The first-order chi connectivity index (χ1) is 15.5. The molecule has 1 fully saturated rings. The van der Waals surface area contributed by atoms with E-state index in [1.165, 1.54) is 28.7 Å². The van der Waals surface area contributed by atoms with Gasteiger partial charge >= 0.3 is 0 Å². The SMILES string of the molecule is Cc1cc(C)n(-c2cccc(CN3CCC[C@H]3Cc3c(C(N)=O)sc4ccccc34)c2)n1. The molecular formula is C26H28N4OS. The molecule has 0 bridgehead atoms. The van der Waals surface area contributed by atoms with Crippen LogP contribution in [0.5, 0.6) is 0 Å². The number of hydrogen-bond donors (Lipinski definition) is 1. The first-order valence-electron chi connectivity index (χ1n) is 11.2. The van der Waals surface area contributed by atoms with Crippen molar-refractivity contribution in [1.29, 1.82) is 0 Å². The number of nitrogens with zero attached hydrogens (tertiary/aromatic N) is 3. The summed E-state index contributed by atoms with van der Waals surface area (Å²) in [5.74, 6) is -0.316. The predicted molar refractivity (Wildman–Crippen MR) is 131 cm³/mol. The minimum atomic E-state index is -0.316. The van der Waals surface area contributed by atoms with E-state index >= 15 is 0 Å². The van der Waals surface area contributed by atoms with Gasteiger partial charge in [0.2, 0.25) is 0 Å². The molecule has 5 rings (SSSR count). The van der Waals surface area contributed by atoms with E-state index < -0.39 is 0 Å². The smallest absolute Gasteiger partial charge is 0.259 e. The number of amides is 1. The van der Waals surface area contributed by atoms with E-state index in [0.29, 0.717) is 10.9 Å². The minimum absolute atomic E-state index is 0.316. The van der Waals surface area contributed by atoms with Gasteiger partial charge in [0, 0.05) is 23.0 Å². The summed E-state index contributed by atoms with van der Waals surface area (Å²) in [5.41, 5.74) is 11.4. The van der Waals surface area contributed by atoms with Crippen molar-refractivity contribution < 1.29 is 4.79 Å². The average molecular weight is 445 g/mol. The van der Waals surface area contributed by atoms with E-state index in [0.717, 1.165) is 53.3 Å². The molecule has 1 amide bonds. The molecule has 4 aromatic rings. The van der Waals surface area contributed by atoms with Crippen molar-refractivity contribution in [2.24, 2.45) is 5.73 Å². The lowest BCUT2D eigenvalue weighted by Gasteiger charge is -2.25. The second-order valence-corrected chi connectivity index (χ2v) is 9.80. The van der Waals surface area contributed by atoms with Crippen molar-refractivity contribution in [2.75, 3.05) is 6.54 Å². The molecule has 2 aromatic heterocycles. The van der Waals surface area contributed by atoms with Crippen molar-refractivity contribution in [2.45, 2.75) is 45.7 Å². The van der Waals surface area contributed by atoms with Gasteiger partial charge < -0.3 is 5.73 Å². The second kappa shape index (κ2) is 8.52. The number of fused-ring (bicyclic) bond motifs is 1. The van der Waals surface area contributed by atoms with Crippen LogP contribution in [-0.4, -0.2) is 33.2 Å². The van der Waals surface area contributed by atoms with Gasteiger partial charge in [-0.05, 0) is 80.4 Å². The third-order valence-electron chi connectivity index (χ3n) is 6.41. The monoisotopic (exact) mass is 444 g/mol. The number of primary amides is 1. The fourth-order valence-electron chi connectivity index (χ4n) is 4.98. The summed E-state index contributed by atoms with van der Waals surface area (Å²) in [6.45, 7) is 6.08. The van der Waals surface area contributed by atoms with E-state index in [4.69, 9.17) is 5.73 Å². The maximum absolute atomic E-state index is 12.1. The Labute approximate surface area is 192 Å². The van der Waals surface area contributed by atoms with Gasteiger partial charge in [-0.15, -0.1) is 11.3 Å². The molecule has 0 radical (unpaired) electrons. The van der Waals surface area contributed by atoms with Crippen molar-refractivity contribution in [3.8, 4) is 5.69 Å². The number of hydrogen-bond acceptors (Lipinski definition) is 4. The number of benzene rings is 2. The van der Waals surface area contributed by atoms with Gasteiger partial charge in [0.05, 0.1) is 16.3 Å². The Hall–Kier alpha value is -2.96. The van der Waals surface area contributed by atoms with Crippen molar-refractivity contribution in [3.63, 3.8) is 0 Å².